The second-order valence-electron chi connectivity index (χ2n) is 7.18. The summed E-state index contributed by atoms with van der Waals surface area (Å²) in [5.41, 5.74) is 3.26. The van der Waals surface area contributed by atoms with Gasteiger partial charge in [-0.1, -0.05) is 31.9 Å². The lowest BCUT2D eigenvalue weighted by molar-refractivity contribution is 0.0953. The van der Waals surface area contributed by atoms with Crippen molar-refractivity contribution in [2.24, 2.45) is 0 Å². The molecule has 2 heterocycles. The van der Waals surface area contributed by atoms with Crippen LogP contribution in [0.3, 0.4) is 0 Å². The second-order valence-corrected chi connectivity index (χ2v) is 7.18. The molecule has 1 aliphatic heterocycles. The standard InChI is InChI=1S/C22H30N4O/c1-3-4-5-10-24-22(27)19-9-11-23-21(17-19)26-14-12-25(13-15-26)20-8-6-7-18(2)16-20/h6-9,11,16-17H,3-5,10,12-15H2,1-2H3,(H,24,27). The average molecular weight is 367 g/mol. The van der Waals surface area contributed by atoms with E-state index in [4.69, 9.17) is 0 Å². The van der Waals surface area contributed by atoms with E-state index < -0.39 is 0 Å². The first kappa shape index (κ1) is 19.2. The average Bonchev–Trinajstić information content (AvgIpc) is 2.71. The second kappa shape index (κ2) is 9.40. The summed E-state index contributed by atoms with van der Waals surface area (Å²) in [4.78, 5) is 21.5. The van der Waals surface area contributed by atoms with Crippen molar-refractivity contribution in [1.82, 2.24) is 10.3 Å². The van der Waals surface area contributed by atoms with Crippen LogP contribution in [0.4, 0.5) is 11.5 Å². The number of carbonyl (C=O) groups excluding carboxylic acids is 1. The van der Waals surface area contributed by atoms with Gasteiger partial charge in [0.1, 0.15) is 5.82 Å². The summed E-state index contributed by atoms with van der Waals surface area (Å²) >= 11 is 0. The Labute approximate surface area is 162 Å². The minimum Gasteiger partial charge on any atom is -0.368 e. The van der Waals surface area contributed by atoms with Gasteiger partial charge in [0, 0.05) is 50.2 Å². The van der Waals surface area contributed by atoms with E-state index >= 15 is 0 Å². The van der Waals surface area contributed by atoms with E-state index in [1.165, 1.54) is 11.3 Å². The number of pyridine rings is 1. The summed E-state index contributed by atoms with van der Waals surface area (Å²) in [6, 6.07) is 12.4. The molecule has 0 radical (unpaired) electrons. The van der Waals surface area contributed by atoms with Crippen molar-refractivity contribution >= 4 is 17.4 Å². The first-order valence-corrected chi connectivity index (χ1v) is 9.98. The summed E-state index contributed by atoms with van der Waals surface area (Å²) in [7, 11) is 0. The highest BCUT2D eigenvalue weighted by molar-refractivity contribution is 5.94. The fraction of sp³-hybridized carbons (Fsp3) is 0.455. The smallest absolute Gasteiger partial charge is 0.251 e. The summed E-state index contributed by atoms with van der Waals surface area (Å²) < 4.78 is 0. The van der Waals surface area contributed by atoms with Crippen LogP contribution in [0, 0.1) is 6.92 Å². The highest BCUT2D eigenvalue weighted by Gasteiger charge is 2.19. The zero-order valence-corrected chi connectivity index (χ0v) is 16.4. The van der Waals surface area contributed by atoms with E-state index in [2.05, 4.69) is 58.2 Å². The Kier molecular flexibility index (Phi) is 6.69. The molecule has 144 valence electrons. The zero-order chi connectivity index (χ0) is 19.1. The van der Waals surface area contributed by atoms with Crippen LogP contribution in [0.15, 0.2) is 42.6 Å². The summed E-state index contributed by atoms with van der Waals surface area (Å²) in [5.74, 6) is 0.883. The van der Waals surface area contributed by atoms with Gasteiger partial charge in [-0.3, -0.25) is 4.79 Å². The predicted octanol–water partition coefficient (Wildman–Crippen LogP) is 3.64. The minimum atomic E-state index is -0.00634. The van der Waals surface area contributed by atoms with Gasteiger partial charge >= 0.3 is 0 Å². The van der Waals surface area contributed by atoms with Crippen LogP contribution in [0.2, 0.25) is 0 Å². The number of rotatable bonds is 7. The van der Waals surface area contributed by atoms with Gasteiger partial charge in [-0.25, -0.2) is 4.98 Å². The molecule has 3 rings (SSSR count). The summed E-state index contributed by atoms with van der Waals surface area (Å²) in [5, 5.41) is 3.00. The fourth-order valence-electron chi connectivity index (χ4n) is 3.43. The highest BCUT2D eigenvalue weighted by atomic mass is 16.1. The molecule has 1 saturated heterocycles. The SMILES string of the molecule is CCCCCNC(=O)c1ccnc(N2CCN(c3cccc(C)c3)CC2)c1. The first-order chi connectivity index (χ1) is 13.2. The maximum absolute atomic E-state index is 12.3. The van der Waals surface area contributed by atoms with Crippen molar-refractivity contribution < 1.29 is 4.79 Å². The van der Waals surface area contributed by atoms with Gasteiger partial charge in [-0.05, 0) is 43.2 Å². The third-order valence-electron chi connectivity index (χ3n) is 5.04. The number of aromatic nitrogens is 1. The van der Waals surface area contributed by atoms with E-state index in [0.29, 0.717) is 5.56 Å². The van der Waals surface area contributed by atoms with Crippen LogP contribution in [0.5, 0.6) is 0 Å². The normalized spacial score (nSPS) is 14.3. The Morgan fingerprint density at radius 2 is 1.85 bits per heavy atom. The molecule has 1 N–H and O–H groups in total. The van der Waals surface area contributed by atoms with Crippen LogP contribution in [0.1, 0.15) is 42.1 Å². The minimum absolute atomic E-state index is 0.00634. The Balaban J connectivity index is 1.57. The molecular formula is C22H30N4O. The van der Waals surface area contributed by atoms with Crippen molar-refractivity contribution in [3.05, 3.63) is 53.7 Å². The quantitative estimate of drug-likeness (QED) is 0.760. The van der Waals surface area contributed by atoms with Crippen molar-refractivity contribution in [1.29, 1.82) is 0 Å². The number of nitrogens with zero attached hydrogens (tertiary/aromatic N) is 3. The van der Waals surface area contributed by atoms with Crippen molar-refractivity contribution in [3.63, 3.8) is 0 Å². The van der Waals surface area contributed by atoms with Crippen molar-refractivity contribution in [3.8, 4) is 0 Å². The molecule has 1 aromatic carbocycles. The van der Waals surface area contributed by atoms with Gasteiger partial charge in [0.25, 0.3) is 5.91 Å². The molecule has 0 aliphatic carbocycles. The Morgan fingerprint density at radius 1 is 1.07 bits per heavy atom. The number of nitrogens with one attached hydrogen (secondary N) is 1. The Hall–Kier alpha value is -2.56. The van der Waals surface area contributed by atoms with Crippen molar-refractivity contribution in [2.75, 3.05) is 42.5 Å². The molecule has 5 heteroatoms. The van der Waals surface area contributed by atoms with E-state index in [1.807, 2.05) is 6.07 Å². The van der Waals surface area contributed by atoms with Gasteiger partial charge in [-0.15, -0.1) is 0 Å². The highest BCUT2D eigenvalue weighted by Crippen LogP contribution is 2.20. The zero-order valence-electron chi connectivity index (χ0n) is 16.4. The van der Waals surface area contributed by atoms with E-state index in [-0.39, 0.29) is 5.91 Å². The molecule has 27 heavy (non-hydrogen) atoms. The molecule has 0 saturated carbocycles. The number of benzene rings is 1. The lowest BCUT2D eigenvalue weighted by Crippen LogP contribution is -2.46. The topological polar surface area (TPSA) is 48.5 Å². The predicted molar refractivity (Wildman–Crippen MR) is 112 cm³/mol. The maximum atomic E-state index is 12.3. The van der Waals surface area contributed by atoms with Crippen LogP contribution in [-0.2, 0) is 0 Å². The van der Waals surface area contributed by atoms with Crippen LogP contribution in [-0.4, -0.2) is 43.6 Å². The maximum Gasteiger partial charge on any atom is 0.251 e. The van der Waals surface area contributed by atoms with E-state index in [9.17, 15) is 4.79 Å². The first-order valence-electron chi connectivity index (χ1n) is 9.98. The van der Waals surface area contributed by atoms with E-state index in [0.717, 1.165) is 57.8 Å². The van der Waals surface area contributed by atoms with Gasteiger partial charge in [0.15, 0.2) is 0 Å². The number of amides is 1. The number of aryl methyl sites for hydroxylation is 1. The number of anilines is 2. The largest absolute Gasteiger partial charge is 0.368 e. The third kappa shape index (κ3) is 5.22. The number of unbranched alkanes of at least 4 members (excludes halogenated alkanes) is 2. The van der Waals surface area contributed by atoms with E-state index in [1.54, 1.807) is 12.3 Å². The number of carbonyl (C=O) groups is 1. The number of hydrogen-bond donors (Lipinski definition) is 1. The van der Waals surface area contributed by atoms with Crippen LogP contribution in [0.25, 0.3) is 0 Å². The molecule has 0 unspecified atom stereocenters. The van der Waals surface area contributed by atoms with Gasteiger partial charge in [-0.2, -0.15) is 0 Å². The summed E-state index contributed by atoms with van der Waals surface area (Å²) in [6.07, 6.45) is 5.07. The van der Waals surface area contributed by atoms with Crippen LogP contribution >= 0.6 is 0 Å². The van der Waals surface area contributed by atoms with Gasteiger partial charge < -0.3 is 15.1 Å². The summed E-state index contributed by atoms with van der Waals surface area (Å²) in [6.45, 7) is 8.75. The van der Waals surface area contributed by atoms with Crippen molar-refractivity contribution in [2.45, 2.75) is 33.1 Å². The monoisotopic (exact) mass is 366 g/mol. The van der Waals surface area contributed by atoms with Crippen LogP contribution < -0.4 is 15.1 Å². The molecule has 0 atom stereocenters. The van der Waals surface area contributed by atoms with Gasteiger partial charge in [0.2, 0.25) is 0 Å². The lowest BCUT2D eigenvalue weighted by Gasteiger charge is -2.37. The molecule has 0 spiro atoms. The Morgan fingerprint density at radius 3 is 2.59 bits per heavy atom. The number of piperazine rings is 1. The molecule has 1 fully saturated rings. The molecule has 1 amide bonds. The fourth-order valence-corrected chi connectivity index (χ4v) is 3.43. The molecule has 1 aliphatic rings. The van der Waals surface area contributed by atoms with Gasteiger partial charge in [0.05, 0.1) is 0 Å². The molecule has 5 nitrogen and oxygen atoms in total. The molecule has 0 bridgehead atoms. The molecular weight excluding hydrogens is 336 g/mol. The molecule has 2 aromatic rings. The third-order valence-corrected chi connectivity index (χ3v) is 5.04. The Bertz CT molecular complexity index is 753. The number of hydrogen-bond acceptors (Lipinski definition) is 4. The molecule has 1 aromatic heterocycles. The lowest BCUT2D eigenvalue weighted by atomic mass is 10.2.